The molecule has 1 unspecified atom stereocenters. The number of aromatic nitrogens is 3. The minimum atomic E-state index is 0.530. The second-order valence-electron chi connectivity index (χ2n) is 4.38. The van der Waals surface area contributed by atoms with Gasteiger partial charge in [0.2, 0.25) is 0 Å². The van der Waals surface area contributed by atoms with Crippen molar-refractivity contribution in [2.45, 2.75) is 12.5 Å². The number of aryl methyl sites for hydroxylation is 1. The first-order valence-corrected chi connectivity index (χ1v) is 8.11. The topological polar surface area (TPSA) is 42.7 Å². The zero-order chi connectivity index (χ0) is 12.4. The molecule has 3 heterocycles. The van der Waals surface area contributed by atoms with Crippen LogP contribution >= 0.6 is 23.1 Å². The molecule has 1 aliphatic heterocycles. The Balaban J connectivity index is 1.76. The van der Waals surface area contributed by atoms with Crippen molar-refractivity contribution in [1.29, 1.82) is 0 Å². The minimum absolute atomic E-state index is 0.530. The molecule has 0 amide bonds. The maximum Gasteiger partial charge on any atom is 0.191 e. The summed E-state index contributed by atoms with van der Waals surface area (Å²) in [7, 11) is 1.98. The van der Waals surface area contributed by atoms with E-state index < -0.39 is 0 Å². The average molecular weight is 280 g/mol. The molecule has 0 spiro atoms. The van der Waals surface area contributed by atoms with Gasteiger partial charge in [0, 0.05) is 37.6 Å². The summed E-state index contributed by atoms with van der Waals surface area (Å²) in [6.07, 6.45) is 0.960. The third kappa shape index (κ3) is 2.60. The van der Waals surface area contributed by atoms with Crippen molar-refractivity contribution in [1.82, 2.24) is 20.1 Å². The molecule has 2 aromatic rings. The van der Waals surface area contributed by atoms with Gasteiger partial charge in [-0.15, -0.1) is 11.3 Å². The molecule has 1 atom stereocenters. The third-order valence-corrected chi connectivity index (χ3v) is 5.02. The summed E-state index contributed by atoms with van der Waals surface area (Å²) in [6.45, 7) is 1.10. The van der Waals surface area contributed by atoms with Crippen molar-refractivity contribution in [3.05, 3.63) is 23.3 Å². The second kappa shape index (κ2) is 5.42. The monoisotopic (exact) mass is 280 g/mol. The van der Waals surface area contributed by atoms with Crippen LogP contribution in [0.15, 0.2) is 17.5 Å². The third-order valence-electron chi connectivity index (χ3n) is 3.02. The highest BCUT2D eigenvalue weighted by Gasteiger charge is 2.17. The van der Waals surface area contributed by atoms with E-state index in [4.69, 9.17) is 0 Å². The van der Waals surface area contributed by atoms with Crippen LogP contribution < -0.4 is 5.32 Å². The number of nitrogens with zero attached hydrogens (tertiary/aromatic N) is 3. The lowest BCUT2D eigenvalue weighted by Gasteiger charge is -2.22. The predicted molar refractivity (Wildman–Crippen MR) is 77.1 cm³/mol. The van der Waals surface area contributed by atoms with E-state index in [0.29, 0.717) is 6.04 Å². The van der Waals surface area contributed by atoms with Crippen LogP contribution in [0.2, 0.25) is 0 Å². The molecule has 0 saturated carbocycles. The fourth-order valence-electron chi connectivity index (χ4n) is 2.08. The van der Waals surface area contributed by atoms with Crippen molar-refractivity contribution in [2.24, 2.45) is 7.05 Å². The molecule has 3 rings (SSSR count). The first kappa shape index (κ1) is 12.2. The standard InChI is InChI=1S/C12H16N4S2/c1-16-11(7-9-8-17-6-4-13-9)14-12(15-16)10-3-2-5-18-10/h2-3,5,9,13H,4,6-8H2,1H3. The van der Waals surface area contributed by atoms with Crippen molar-refractivity contribution in [3.8, 4) is 10.7 Å². The predicted octanol–water partition coefficient (Wildman–Crippen LogP) is 1.79. The van der Waals surface area contributed by atoms with E-state index in [-0.39, 0.29) is 0 Å². The Labute approximate surface area is 115 Å². The van der Waals surface area contributed by atoms with Crippen LogP contribution in [0.5, 0.6) is 0 Å². The molecule has 1 N–H and O–H groups in total. The Bertz CT molecular complexity index is 500. The Morgan fingerprint density at radius 2 is 2.50 bits per heavy atom. The molecule has 6 heteroatoms. The zero-order valence-corrected chi connectivity index (χ0v) is 11.9. The van der Waals surface area contributed by atoms with Crippen molar-refractivity contribution in [3.63, 3.8) is 0 Å². The van der Waals surface area contributed by atoms with Gasteiger partial charge in [-0.2, -0.15) is 16.9 Å². The van der Waals surface area contributed by atoms with Gasteiger partial charge < -0.3 is 5.32 Å². The van der Waals surface area contributed by atoms with E-state index in [1.54, 1.807) is 11.3 Å². The molecule has 1 fully saturated rings. The summed E-state index contributed by atoms with van der Waals surface area (Å²) in [5.74, 6) is 4.31. The molecule has 0 aromatic carbocycles. The molecule has 4 nitrogen and oxygen atoms in total. The van der Waals surface area contributed by atoms with Gasteiger partial charge in [0.25, 0.3) is 0 Å². The summed E-state index contributed by atoms with van der Waals surface area (Å²) in [6, 6.07) is 4.64. The van der Waals surface area contributed by atoms with Gasteiger partial charge in [-0.05, 0) is 11.4 Å². The van der Waals surface area contributed by atoms with Gasteiger partial charge in [0.1, 0.15) is 5.82 Å². The fraction of sp³-hybridized carbons (Fsp3) is 0.500. The molecule has 0 aliphatic carbocycles. The number of nitrogens with one attached hydrogen (secondary N) is 1. The van der Waals surface area contributed by atoms with E-state index in [0.717, 1.165) is 29.5 Å². The second-order valence-corrected chi connectivity index (χ2v) is 6.48. The molecule has 0 radical (unpaired) electrons. The number of hydrogen-bond donors (Lipinski definition) is 1. The lowest BCUT2D eigenvalue weighted by Crippen LogP contribution is -2.39. The molecule has 1 aliphatic rings. The SMILES string of the molecule is Cn1nc(-c2cccs2)nc1CC1CSCCN1. The first-order valence-electron chi connectivity index (χ1n) is 6.08. The number of hydrogen-bond acceptors (Lipinski definition) is 5. The molecular formula is C12H16N4S2. The number of thiophene rings is 1. The van der Waals surface area contributed by atoms with E-state index in [1.807, 2.05) is 29.6 Å². The first-order chi connectivity index (χ1) is 8.83. The highest BCUT2D eigenvalue weighted by Crippen LogP contribution is 2.21. The normalized spacial score (nSPS) is 20.2. The zero-order valence-electron chi connectivity index (χ0n) is 10.3. The maximum absolute atomic E-state index is 4.66. The summed E-state index contributed by atoms with van der Waals surface area (Å²) in [5.41, 5.74) is 0. The van der Waals surface area contributed by atoms with Crippen LogP contribution in [0, 0.1) is 0 Å². The number of rotatable bonds is 3. The van der Waals surface area contributed by atoms with Crippen LogP contribution in [0.25, 0.3) is 10.7 Å². The van der Waals surface area contributed by atoms with E-state index in [9.17, 15) is 0 Å². The smallest absolute Gasteiger partial charge is 0.191 e. The van der Waals surface area contributed by atoms with E-state index in [1.165, 1.54) is 11.5 Å². The van der Waals surface area contributed by atoms with Crippen LogP contribution in [-0.4, -0.2) is 38.9 Å². The fourth-order valence-corrected chi connectivity index (χ4v) is 3.68. The van der Waals surface area contributed by atoms with Crippen molar-refractivity contribution < 1.29 is 0 Å². The molecule has 1 saturated heterocycles. The highest BCUT2D eigenvalue weighted by atomic mass is 32.2. The molecular weight excluding hydrogens is 264 g/mol. The van der Waals surface area contributed by atoms with Gasteiger partial charge in [-0.25, -0.2) is 4.98 Å². The van der Waals surface area contributed by atoms with Crippen molar-refractivity contribution >= 4 is 23.1 Å². The molecule has 2 aromatic heterocycles. The minimum Gasteiger partial charge on any atom is -0.312 e. The summed E-state index contributed by atoms with van der Waals surface area (Å²) >= 11 is 3.70. The van der Waals surface area contributed by atoms with Gasteiger partial charge in [-0.3, -0.25) is 4.68 Å². The lowest BCUT2D eigenvalue weighted by atomic mass is 10.2. The van der Waals surface area contributed by atoms with Crippen molar-refractivity contribution in [2.75, 3.05) is 18.1 Å². The van der Waals surface area contributed by atoms with Gasteiger partial charge in [0.05, 0.1) is 4.88 Å². The molecule has 18 heavy (non-hydrogen) atoms. The molecule has 0 bridgehead atoms. The Morgan fingerprint density at radius 1 is 1.56 bits per heavy atom. The Kier molecular flexibility index (Phi) is 3.67. The molecule has 96 valence electrons. The van der Waals surface area contributed by atoms with E-state index >= 15 is 0 Å². The average Bonchev–Trinajstić information content (AvgIpc) is 3.01. The highest BCUT2D eigenvalue weighted by molar-refractivity contribution is 7.99. The van der Waals surface area contributed by atoms with Gasteiger partial charge >= 0.3 is 0 Å². The van der Waals surface area contributed by atoms with Crippen LogP contribution in [-0.2, 0) is 13.5 Å². The van der Waals surface area contributed by atoms with Crippen LogP contribution in [0.3, 0.4) is 0 Å². The Morgan fingerprint density at radius 3 is 3.22 bits per heavy atom. The summed E-state index contributed by atoms with van der Waals surface area (Å²) in [4.78, 5) is 5.80. The van der Waals surface area contributed by atoms with E-state index in [2.05, 4.69) is 26.8 Å². The largest absolute Gasteiger partial charge is 0.312 e. The Hall–Kier alpha value is -0.850. The number of thioether (sulfide) groups is 1. The maximum atomic E-state index is 4.66. The van der Waals surface area contributed by atoms with Crippen LogP contribution in [0.4, 0.5) is 0 Å². The quantitative estimate of drug-likeness (QED) is 0.931. The van der Waals surface area contributed by atoms with Crippen LogP contribution in [0.1, 0.15) is 5.82 Å². The lowest BCUT2D eigenvalue weighted by molar-refractivity contribution is 0.534. The van der Waals surface area contributed by atoms with Gasteiger partial charge in [-0.1, -0.05) is 6.07 Å². The van der Waals surface area contributed by atoms with Gasteiger partial charge in [0.15, 0.2) is 5.82 Å². The summed E-state index contributed by atoms with van der Waals surface area (Å²) in [5, 5.41) is 10.1. The summed E-state index contributed by atoms with van der Waals surface area (Å²) < 4.78 is 1.91.